The number of thiophene rings is 1. The van der Waals surface area contributed by atoms with Crippen LogP contribution in [0, 0.1) is 6.92 Å². The molecule has 0 spiro atoms. The van der Waals surface area contributed by atoms with Gasteiger partial charge < -0.3 is 28.7 Å². The fourth-order valence-corrected chi connectivity index (χ4v) is 5.53. The number of amides is 2. The molecule has 1 atom stereocenters. The Morgan fingerprint density at radius 1 is 1.11 bits per heavy atom. The number of rotatable bonds is 9. The molecule has 0 aliphatic carbocycles. The van der Waals surface area contributed by atoms with Gasteiger partial charge in [-0.05, 0) is 60.7 Å². The zero-order valence-electron chi connectivity index (χ0n) is 21.0. The van der Waals surface area contributed by atoms with Gasteiger partial charge in [-0.15, -0.1) is 11.3 Å². The van der Waals surface area contributed by atoms with Crippen molar-refractivity contribution in [2.24, 2.45) is 0 Å². The number of carbonyl (C=O) groups excluding carboxylic acids is 2. The predicted molar refractivity (Wildman–Crippen MR) is 139 cm³/mol. The average Bonchev–Trinajstić information content (AvgIpc) is 3.59. The van der Waals surface area contributed by atoms with E-state index >= 15 is 0 Å². The lowest BCUT2D eigenvalue weighted by Gasteiger charge is -2.37. The molecule has 8 nitrogen and oxygen atoms in total. The Bertz CT molecular complexity index is 1260. The first-order chi connectivity index (χ1) is 18.0. The molecule has 37 heavy (non-hydrogen) atoms. The van der Waals surface area contributed by atoms with Crippen LogP contribution in [0.5, 0.6) is 17.2 Å². The van der Waals surface area contributed by atoms with E-state index in [1.165, 1.54) is 9.78 Å². The third kappa shape index (κ3) is 5.57. The standard InChI is InChI=1S/C28H30N2O6S/c1-19-3-6-21(7-4-19)34-17-23-22-10-14-37-26(22)9-11-30(23)27(31)16-29(12-13-33-2)28(32)20-5-8-24-25(15-20)36-18-35-24/h3-8,10,14-15,23H,9,11-13,16-18H2,1-2H3/t23-/m0/s1. The molecule has 2 aromatic carbocycles. The van der Waals surface area contributed by atoms with Crippen molar-refractivity contribution in [3.8, 4) is 17.2 Å². The zero-order valence-corrected chi connectivity index (χ0v) is 21.8. The molecular weight excluding hydrogens is 492 g/mol. The molecule has 1 aromatic heterocycles. The van der Waals surface area contributed by atoms with Crippen LogP contribution in [-0.4, -0.2) is 68.4 Å². The lowest BCUT2D eigenvalue weighted by atomic mass is 10.0. The van der Waals surface area contributed by atoms with Crippen LogP contribution in [0.15, 0.2) is 53.9 Å². The monoisotopic (exact) mass is 522 g/mol. The Morgan fingerprint density at radius 2 is 1.92 bits per heavy atom. The van der Waals surface area contributed by atoms with Crippen LogP contribution in [-0.2, 0) is 16.0 Å². The summed E-state index contributed by atoms with van der Waals surface area (Å²) in [6.07, 6.45) is 0.786. The van der Waals surface area contributed by atoms with E-state index < -0.39 is 0 Å². The molecule has 194 valence electrons. The van der Waals surface area contributed by atoms with E-state index in [1.807, 2.05) is 36.1 Å². The molecule has 2 amide bonds. The van der Waals surface area contributed by atoms with E-state index in [4.69, 9.17) is 18.9 Å². The molecule has 0 bridgehead atoms. The summed E-state index contributed by atoms with van der Waals surface area (Å²) < 4.78 is 22.1. The van der Waals surface area contributed by atoms with Gasteiger partial charge in [0.25, 0.3) is 5.91 Å². The van der Waals surface area contributed by atoms with Crippen LogP contribution in [0.25, 0.3) is 0 Å². The molecule has 0 radical (unpaired) electrons. The molecule has 0 saturated carbocycles. The molecule has 2 aliphatic rings. The lowest BCUT2D eigenvalue weighted by molar-refractivity contribution is -0.135. The first-order valence-corrected chi connectivity index (χ1v) is 13.1. The maximum Gasteiger partial charge on any atom is 0.254 e. The van der Waals surface area contributed by atoms with Gasteiger partial charge in [-0.3, -0.25) is 9.59 Å². The van der Waals surface area contributed by atoms with Crippen LogP contribution in [0.2, 0.25) is 0 Å². The van der Waals surface area contributed by atoms with Gasteiger partial charge in [0.1, 0.15) is 18.9 Å². The second kappa shape index (κ2) is 11.2. The van der Waals surface area contributed by atoms with E-state index in [2.05, 4.69) is 11.4 Å². The highest BCUT2D eigenvalue weighted by molar-refractivity contribution is 7.10. The van der Waals surface area contributed by atoms with Crippen LogP contribution in [0.1, 0.15) is 32.4 Å². The van der Waals surface area contributed by atoms with Crippen molar-refractivity contribution in [2.75, 3.05) is 46.8 Å². The van der Waals surface area contributed by atoms with E-state index in [0.29, 0.717) is 36.8 Å². The summed E-state index contributed by atoms with van der Waals surface area (Å²) >= 11 is 1.71. The third-order valence-electron chi connectivity index (χ3n) is 6.64. The van der Waals surface area contributed by atoms with E-state index in [1.54, 1.807) is 36.6 Å². The summed E-state index contributed by atoms with van der Waals surface area (Å²) in [5, 5.41) is 2.06. The number of ether oxygens (including phenoxy) is 4. The van der Waals surface area contributed by atoms with Crippen molar-refractivity contribution in [3.63, 3.8) is 0 Å². The minimum atomic E-state index is -0.260. The SMILES string of the molecule is COCCN(CC(=O)N1CCc2sccc2[C@@H]1COc1ccc(C)cc1)C(=O)c1ccc2c(c1)OCO2. The lowest BCUT2D eigenvalue weighted by Crippen LogP contribution is -2.48. The maximum atomic E-state index is 13.7. The second-order valence-electron chi connectivity index (χ2n) is 9.06. The van der Waals surface area contributed by atoms with Gasteiger partial charge in [0.05, 0.1) is 12.6 Å². The number of benzene rings is 2. The smallest absolute Gasteiger partial charge is 0.254 e. The Balaban J connectivity index is 1.33. The highest BCUT2D eigenvalue weighted by Crippen LogP contribution is 2.35. The number of fused-ring (bicyclic) bond motifs is 2. The molecule has 3 heterocycles. The fourth-order valence-electron chi connectivity index (χ4n) is 4.60. The normalized spacial score (nSPS) is 15.8. The average molecular weight is 523 g/mol. The predicted octanol–water partition coefficient (Wildman–Crippen LogP) is 4.08. The molecular formula is C28H30N2O6S. The highest BCUT2D eigenvalue weighted by atomic mass is 32.1. The maximum absolute atomic E-state index is 13.7. The quantitative estimate of drug-likeness (QED) is 0.422. The molecule has 3 aromatic rings. The molecule has 9 heteroatoms. The number of hydrogen-bond acceptors (Lipinski definition) is 7. The van der Waals surface area contributed by atoms with Crippen LogP contribution < -0.4 is 14.2 Å². The summed E-state index contributed by atoms with van der Waals surface area (Å²) in [5.74, 6) is 1.51. The molecule has 5 rings (SSSR count). The number of methoxy groups -OCH3 is 1. The van der Waals surface area contributed by atoms with E-state index in [9.17, 15) is 9.59 Å². The van der Waals surface area contributed by atoms with Crippen molar-refractivity contribution in [3.05, 3.63) is 75.5 Å². The van der Waals surface area contributed by atoms with Crippen molar-refractivity contribution >= 4 is 23.2 Å². The topological polar surface area (TPSA) is 77.5 Å². The zero-order chi connectivity index (χ0) is 25.8. The Morgan fingerprint density at radius 3 is 2.73 bits per heavy atom. The molecule has 2 aliphatic heterocycles. The summed E-state index contributed by atoms with van der Waals surface area (Å²) in [5.41, 5.74) is 2.71. The first-order valence-electron chi connectivity index (χ1n) is 12.3. The highest BCUT2D eigenvalue weighted by Gasteiger charge is 2.34. The van der Waals surface area contributed by atoms with Crippen molar-refractivity contribution in [1.82, 2.24) is 9.80 Å². The van der Waals surface area contributed by atoms with Crippen molar-refractivity contribution in [2.45, 2.75) is 19.4 Å². The van der Waals surface area contributed by atoms with Crippen molar-refractivity contribution < 1.29 is 28.5 Å². The number of hydrogen-bond donors (Lipinski definition) is 0. The minimum Gasteiger partial charge on any atom is -0.491 e. The van der Waals surface area contributed by atoms with E-state index in [0.717, 1.165) is 23.3 Å². The number of carbonyl (C=O) groups is 2. The summed E-state index contributed by atoms with van der Waals surface area (Å²) in [7, 11) is 1.58. The van der Waals surface area contributed by atoms with Crippen molar-refractivity contribution in [1.29, 1.82) is 0 Å². The fraction of sp³-hybridized carbons (Fsp3) is 0.357. The van der Waals surface area contributed by atoms with Gasteiger partial charge in [0.2, 0.25) is 12.7 Å². The van der Waals surface area contributed by atoms with Crippen LogP contribution in [0.4, 0.5) is 0 Å². The van der Waals surface area contributed by atoms with Gasteiger partial charge in [-0.1, -0.05) is 17.7 Å². The van der Waals surface area contributed by atoms with Crippen LogP contribution in [0.3, 0.4) is 0 Å². The summed E-state index contributed by atoms with van der Waals surface area (Å²) in [6.45, 7) is 3.62. The Labute approximate surface area is 220 Å². The third-order valence-corrected chi connectivity index (χ3v) is 7.64. The molecule has 0 N–H and O–H groups in total. The second-order valence-corrected chi connectivity index (χ2v) is 10.1. The molecule has 0 saturated heterocycles. The van der Waals surface area contributed by atoms with Gasteiger partial charge in [0.15, 0.2) is 11.5 Å². The van der Waals surface area contributed by atoms with Gasteiger partial charge in [-0.2, -0.15) is 0 Å². The Kier molecular flexibility index (Phi) is 7.62. The first kappa shape index (κ1) is 25.1. The number of nitrogens with zero attached hydrogens (tertiary/aromatic N) is 2. The molecule has 0 fully saturated rings. The van der Waals surface area contributed by atoms with Crippen LogP contribution >= 0.6 is 11.3 Å². The molecule has 0 unspecified atom stereocenters. The number of aryl methyl sites for hydroxylation is 1. The largest absolute Gasteiger partial charge is 0.491 e. The van der Waals surface area contributed by atoms with E-state index in [-0.39, 0.29) is 37.7 Å². The minimum absolute atomic E-state index is 0.0584. The van der Waals surface area contributed by atoms with Gasteiger partial charge in [-0.25, -0.2) is 0 Å². The van der Waals surface area contributed by atoms with Gasteiger partial charge in [0, 0.05) is 30.6 Å². The summed E-state index contributed by atoms with van der Waals surface area (Å²) in [4.78, 5) is 31.8. The summed E-state index contributed by atoms with van der Waals surface area (Å²) in [6, 6.07) is 14.8. The van der Waals surface area contributed by atoms with Gasteiger partial charge >= 0.3 is 0 Å². The Hall–Kier alpha value is -3.56.